The number of nitrogens with one attached hydrogen (secondary N) is 1. The second-order valence-corrected chi connectivity index (χ2v) is 5.18. The molecule has 1 aliphatic heterocycles. The van der Waals surface area contributed by atoms with E-state index in [9.17, 15) is 0 Å². The Bertz CT molecular complexity index is 225. The van der Waals surface area contributed by atoms with E-state index in [-0.39, 0.29) is 0 Å². The second-order valence-electron chi connectivity index (χ2n) is 5.18. The van der Waals surface area contributed by atoms with Gasteiger partial charge in [0.1, 0.15) is 0 Å². The third kappa shape index (κ3) is 3.62. The Hall–Kier alpha value is -0.340. The van der Waals surface area contributed by atoms with Gasteiger partial charge in [0, 0.05) is 25.1 Å². The van der Waals surface area contributed by atoms with E-state index in [2.05, 4.69) is 25.2 Å². The minimum absolute atomic E-state index is 0.664. The van der Waals surface area contributed by atoms with Gasteiger partial charge in [0.2, 0.25) is 0 Å². The smallest absolute Gasteiger partial charge is 0.0529 e. The van der Waals surface area contributed by atoms with Crippen molar-refractivity contribution < 1.29 is 4.74 Å². The van der Waals surface area contributed by atoms with Crippen LogP contribution in [0.5, 0.6) is 0 Å². The normalized spacial score (nSPS) is 27.7. The minimum atomic E-state index is 0.664. The Morgan fingerprint density at radius 2 is 2.20 bits per heavy atom. The largest absolute Gasteiger partial charge is 0.381 e. The first-order valence-corrected chi connectivity index (χ1v) is 6.27. The quantitative estimate of drug-likeness (QED) is 0.702. The Labute approximate surface area is 93.1 Å². The molecule has 86 valence electrons. The number of rotatable bonds is 5. The molecule has 0 bridgehead atoms. The van der Waals surface area contributed by atoms with E-state index < -0.39 is 0 Å². The van der Waals surface area contributed by atoms with Crippen LogP contribution in [0.25, 0.3) is 0 Å². The molecule has 15 heavy (non-hydrogen) atoms. The van der Waals surface area contributed by atoms with Crippen molar-refractivity contribution in [2.75, 3.05) is 19.8 Å². The van der Waals surface area contributed by atoms with Crippen LogP contribution in [0.3, 0.4) is 0 Å². The molecule has 2 fully saturated rings. The average Bonchev–Trinajstić information content (AvgIpc) is 2.89. The van der Waals surface area contributed by atoms with E-state index in [4.69, 9.17) is 4.74 Å². The maximum absolute atomic E-state index is 5.41. The Morgan fingerprint density at radius 3 is 2.73 bits per heavy atom. The number of hydrogen-bond acceptors (Lipinski definition) is 2. The van der Waals surface area contributed by atoms with E-state index in [1.54, 1.807) is 5.57 Å². The first-order chi connectivity index (χ1) is 7.25. The van der Waals surface area contributed by atoms with Crippen LogP contribution in [0.4, 0.5) is 0 Å². The molecule has 0 aromatic carbocycles. The molecule has 2 heteroatoms. The lowest BCUT2D eigenvalue weighted by Gasteiger charge is -2.14. The van der Waals surface area contributed by atoms with Gasteiger partial charge in [-0.25, -0.2) is 0 Å². The van der Waals surface area contributed by atoms with Crippen LogP contribution in [-0.2, 0) is 4.74 Å². The van der Waals surface area contributed by atoms with Crippen molar-refractivity contribution in [3.05, 3.63) is 11.6 Å². The van der Waals surface area contributed by atoms with Crippen molar-refractivity contribution in [3.8, 4) is 0 Å². The Balaban J connectivity index is 1.84. The molecule has 1 aliphatic carbocycles. The monoisotopic (exact) mass is 209 g/mol. The lowest BCUT2D eigenvalue weighted by molar-refractivity contribution is 0.191. The highest BCUT2D eigenvalue weighted by Crippen LogP contribution is 2.22. The maximum atomic E-state index is 5.41. The van der Waals surface area contributed by atoms with Crippen LogP contribution >= 0.6 is 0 Å². The summed E-state index contributed by atoms with van der Waals surface area (Å²) in [7, 11) is 0. The SMILES string of the molecule is CC(C)C(=CC1CCOC1)CNC1CC1. The molecule has 1 heterocycles. The van der Waals surface area contributed by atoms with Crippen molar-refractivity contribution in [1.29, 1.82) is 0 Å². The first kappa shape index (κ1) is 11.2. The molecule has 1 N–H and O–H groups in total. The molecule has 1 atom stereocenters. The lowest BCUT2D eigenvalue weighted by Crippen LogP contribution is -2.22. The zero-order valence-corrected chi connectivity index (χ0v) is 9.96. The third-order valence-corrected chi connectivity index (χ3v) is 3.33. The van der Waals surface area contributed by atoms with Gasteiger partial charge >= 0.3 is 0 Å². The lowest BCUT2D eigenvalue weighted by atomic mass is 9.97. The highest BCUT2D eigenvalue weighted by atomic mass is 16.5. The van der Waals surface area contributed by atoms with Crippen LogP contribution in [0.1, 0.15) is 33.1 Å². The van der Waals surface area contributed by atoms with Crippen LogP contribution in [0.15, 0.2) is 11.6 Å². The van der Waals surface area contributed by atoms with Gasteiger partial charge in [0.15, 0.2) is 0 Å². The topological polar surface area (TPSA) is 21.3 Å². The fourth-order valence-corrected chi connectivity index (χ4v) is 1.99. The van der Waals surface area contributed by atoms with E-state index in [1.165, 1.54) is 19.3 Å². The molecule has 0 aromatic heterocycles. The summed E-state index contributed by atoms with van der Waals surface area (Å²) in [5, 5.41) is 3.60. The van der Waals surface area contributed by atoms with Gasteiger partial charge in [0.05, 0.1) is 6.61 Å². The van der Waals surface area contributed by atoms with Crippen molar-refractivity contribution in [2.45, 2.75) is 39.2 Å². The highest BCUT2D eigenvalue weighted by Gasteiger charge is 2.21. The summed E-state index contributed by atoms with van der Waals surface area (Å²) in [5.74, 6) is 1.33. The summed E-state index contributed by atoms with van der Waals surface area (Å²) < 4.78 is 5.41. The van der Waals surface area contributed by atoms with Crippen molar-refractivity contribution >= 4 is 0 Å². The molecule has 1 saturated heterocycles. The standard InChI is InChI=1S/C13H23NO/c1-10(2)12(8-14-13-3-4-13)7-11-5-6-15-9-11/h7,10-11,13-14H,3-6,8-9H2,1-2H3. The van der Waals surface area contributed by atoms with Gasteiger partial charge in [-0.2, -0.15) is 0 Å². The predicted molar refractivity (Wildman–Crippen MR) is 62.9 cm³/mol. The van der Waals surface area contributed by atoms with E-state index in [0.29, 0.717) is 11.8 Å². The zero-order chi connectivity index (χ0) is 10.7. The summed E-state index contributed by atoms with van der Waals surface area (Å²) >= 11 is 0. The molecule has 0 amide bonds. The molecule has 2 rings (SSSR count). The predicted octanol–water partition coefficient (Wildman–Crippen LogP) is 2.36. The van der Waals surface area contributed by atoms with Gasteiger partial charge in [-0.3, -0.25) is 0 Å². The highest BCUT2D eigenvalue weighted by molar-refractivity contribution is 5.10. The third-order valence-electron chi connectivity index (χ3n) is 3.33. The van der Waals surface area contributed by atoms with Crippen LogP contribution in [0.2, 0.25) is 0 Å². The summed E-state index contributed by atoms with van der Waals surface area (Å²) in [6.45, 7) is 7.54. The van der Waals surface area contributed by atoms with Gasteiger partial charge in [-0.15, -0.1) is 0 Å². The molecule has 0 aromatic rings. The molecular formula is C13H23NO. The van der Waals surface area contributed by atoms with Crippen molar-refractivity contribution in [2.24, 2.45) is 11.8 Å². The summed E-state index contributed by atoms with van der Waals surface area (Å²) in [6.07, 6.45) is 6.41. The van der Waals surface area contributed by atoms with E-state index in [1.807, 2.05) is 0 Å². The zero-order valence-electron chi connectivity index (χ0n) is 9.96. The van der Waals surface area contributed by atoms with E-state index in [0.717, 1.165) is 25.8 Å². The van der Waals surface area contributed by atoms with Gasteiger partial charge < -0.3 is 10.1 Å². The van der Waals surface area contributed by atoms with Gasteiger partial charge in [0.25, 0.3) is 0 Å². The molecule has 1 unspecified atom stereocenters. The van der Waals surface area contributed by atoms with Crippen LogP contribution in [-0.4, -0.2) is 25.8 Å². The number of ether oxygens (including phenoxy) is 1. The van der Waals surface area contributed by atoms with E-state index >= 15 is 0 Å². The molecule has 2 aliphatic rings. The van der Waals surface area contributed by atoms with Crippen molar-refractivity contribution in [1.82, 2.24) is 5.32 Å². The molecule has 2 nitrogen and oxygen atoms in total. The maximum Gasteiger partial charge on any atom is 0.0529 e. The molecule has 0 spiro atoms. The van der Waals surface area contributed by atoms with Gasteiger partial charge in [-0.1, -0.05) is 25.5 Å². The van der Waals surface area contributed by atoms with Gasteiger partial charge in [-0.05, 0) is 25.2 Å². The minimum Gasteiger partial charge on any atom is -0.381 e. The first-order valence-electron chi connectivity index (χ1n) is 6.27. The summed E-state index contributed by atoms with van der Waals surface area (Å²) in [5.41, 5.74) is 1.57. The Morgan fingerprint density at radius 1 is 1.40 bits per heavy atom. The average molecular weight is 209 g/mol. The molecule has 1 saturated carbocycles. The fourth-order valence-electron chi connectivity index (χ4n) is 1.99. The summed E-state index contributed by atoms with van der Waals surface area (Å²) in [4.78, 5) is 0. The number of hydrogen-bond donors (Lipinski definition) is 1. The second kappa shape index (κ2) is 5.13. The summed E-state index contributed by atoms with van der Waals surface area (Å²) in [6, 6.07) is 0.812. The molecule has 0 radical (unpaired) electrons. The van der Waals surface area contributed by atoms with Crippen molar-refractivity contribution in [3.63, 3.8) is 0 Å². The Kier molecular flexibility index (Phi) is 3.81. The fraction of sp³-hybridized carbons (Fsp3) is 0.846. The molecular weight excluding hydrogens is 186 g/mol. The van der Waals surface area contributed by atoms with Crippen LogP contribution < -0.4 is 5.32 Å². The van der Waals surface area contributed by atoms with Crippen LogP contribution in [0, 0.1) is 11.8 Å².